The molecule has 6 rings (SSSR count). The molecule has 9 nitrogen and oxygen atoms in total. The van der Waals surface area contributed by atoms with Gasteiger partial charge >= 0.3 is 0 Å². The number of aromatic nitrogens is 2. The van der Waals surface area contributed by atoms with E-state index in [4.69, 9.17) is 14.2 Å². The maximum absolute atomic E-state index is 13.5. The van der Waals surface area contributed by atoms with Gasteiger partial charge in [0.15, 0.2) is 11.5 Å². The molecule has 4 aromatic rings. The topological polar surface area (TPSA) is 95.2 Å². The molecule has 1 saturated heterocycles. The second kappa shape index (κ2) is 11.2. The Kier molecular flexibility index (Phi) is 7.41. The minimum Gasteiger partial charge on any atom is -0.493 e. The van der Waals surface area contributed by atoms with Crippen molar-refractivity contribution in [2.75, 3.05) is 26.9 Å². The van der Waals surface area contributed by atoms with Gasteiger partial charge in [0.05, 0.1) is 41.0 Å². The van der Waals surface area contributed by atoms with Crippen molar-refractivity contribution in [3.05, 3.63) is 79.4 Å². The molecule has 41 heavy (non-hydrogen) atoms. The van der Waals surface area contributed by atoms with Crippen LogP contribution in [0, 0.1) is 17.4 Å². The fourth-order valence-electron chi connectivity index (χ4n) is 5.45. The highest BCUT2D eigenvalue weighted by atomic mass is 127. The molecular weight excluding hydrogens is 635 g/mol. The van der Waals surface area contributed by atoms with Crippen LogP contribution in [0.15, 0.2) is 58.3 Å². The van der Waals surface area contributed by atoms with Gasteiger partial charge in [0.1, 0.15) is 24.8 Å². The number of ether oxygens (including phenoxy) is 3. The van der Waals surface area contributed by atoms with E-state index in [1.54, 1.807) is 42.0 Å². The number of carbonyl (C=O) groups is 1. The molecule has 0 radical (unpaired) electrons. The third-order valence-electron chi connectivity index (χ3n) is 7.47. The number of methoxy groups -OCH3 is 1. The zero-order valence-electron chi connectivity index (χ0n) is 23.0. The highest BCUT2D eigenvalue weighted by molar-refractivity contribution is 14.1. The molecule has 0 unspecified atom stereocenters. The van der Waals surface area contributed by atoms with Crippen LogP contribution < -0.4 is 19.8 Å². The predicted molar refractivity (Wildman–Crippen MR) is 166 cm³/mol. The average molecular weight is 664 g/mol. The standard InChI is InChI=1S/C31H29IN4O5/c1-18-13-20(32)6-9-27(18)36-19(2)34-25-8-7-22(14-23(25)31(36)38)40-11-12-41-29-16-26-24(15-28(29)39-3)30(37)35-10-4-5-21(35)17-33-26/h6-9,13-17,21H,4-5,10-12H2,1-3H3/t21-/m0/s1. The molecule has 2 aliphatic rings. The molecule has 1 aromatic heterocycles. The summed E-state index contributed by atoms with van der Waals surface area (Å²) in [6.45, 7) is 5.00. The molecule has 1 atom stereocenters. The normalized spacial score (nSPS) is 16.0. The second-order valence-electron chi connectivity index (χ2n) is 10.1. The first-order chi connectivity index (χ1) is 19.8. The zero-order valence-corrected chi connectivity index (χ0v) is 25.2. The number of fused-ring (bicyclic) bond motifs is 3. The Bertz CT molecular complexity index is 1770. The third kappa shape index (κ3) is 5.16. The van der Waals surface area contributed by atoms with Gasteiger partial charge in [-0.05, 0) is 97.3 Å². The molecule has 0 bridgehead atoms. The van der Waals surface area contributed by atoms with Crippen LogP contribution in [0.5, 0.6) is 17.2 Å². The Labute approximate surface area is 250 Å². The molecule has 10 heteroatoms. The van der Waals surface area contributed by atoms with Crippen LogP contribution in [0.25, 0.3) is 16.6 Å². The van der Waals surface area contributed by atoms with Gasteiger partial charge in [-0.2, -0.15) is 0 Å². The number of hydrogen-bond donors (Lipinski definition) is 0. The summed E-state index contributed by atoms with van der Waals surface area (Å²) >= 11 is 2.26. The first-order valence-electron chi connectivity index (χ1n) is 13.5. The van der Waals surface area contributed by atoms with Gasteiger partial charge in [0, 0.05) is 22.4 Å². The Morgan fingerprint density at radius 1 is 1.00 bits per heavy atom. The maximum atomic E-state index is 13.5. The molecule has 0 N–H and O–H groups in total. The number of hydrogen-bond acceptors (Lipinski definition) is 7. The van der Waals surface area contributed by atoms with Crippen molar-refractivity contribution in [2.45, 2.75) is 32.7 Å². The monoisotopic (exact) mass is 664 g/mol. The van der Waals surface area contributed by atoms with Gasteiger partial charge in [0.2, 0.25) is 0 Å². The SMILES string of the molecule is COc1cc2c(cc1OCCOc1ccc3nc(C)n(-c4ccc(I)cc4C)c(=O)c3c1)N=C[C@@H]1CCCN1C2=O. The van der Waals surface area contributed by atoms with Gasteiger partial charge in [-0.15, -0.1) is 0 Å². The fraction of sp³-hybridized carbons (Fsp3) is 0.290. The number of aryl methyl sites for hydroxylation is 2. The smallest absolute Gasteiger partial charge is 0.266 e. The van der Waals surface area contributed by atoms with Crippen molar-refractivity contribution < 1.29 is 19.0 Å². The van der Waals surface area contributed by atoms with Gasteiger partial charge in [0.25, 0.3) is 11.5 Å². The molecule has 3 aromatic carbocycles. The van der Waals surface area contributed by atoms with Crippen LogP contribution in [0.3, 0.4) is 0 Å². The molecular formula is C31H29IN4O5. The van der Waals surface area contributed by atoms with Crippen LogP contribution in [-0.4, -0.2) is 59.5 Å². The summed E-state index contributed by atoms with van der Waals surface area (Å²) in [5.41, 5.74) is 3.35. The van der Waals surface area contributed by atoms with Crippen molar-refractivity contribution in [3.8, 4) is 22.9 Å². The molecule has 0 spiro atoms. The lowest BCUT2D eigenvalue weighted by Crippen LogP contribution is -2.35. The van der Waals surface area contributed by atoms with Crippen molar-refractivity contribution in [2.24, 2.45) is 4.99 Å². The van der Waals surface area contributed by atoms with E-state index in [9.17, 15) is 9.59 Å². The van der Waals surface area contributed by atoms with Gasteiger partial charge in [-0.25, -0.2) is 4.98 Å². The van der Waals surface area contributed by atoms with Crippen LogP contribution in [0.2, 0.25) is 0 Å². The summed E-state index contributed by atoms with van der Waals surface area (Å²) in [6, 6.07) is 14.7. The summed E-state index contributed by atoms with van der Waals surface area (Å²) in [7, 11) is 1.55. The number of halogens is 1. The van der Waals surface area contributed by atoms with Crippen LogP contribution in [0.4, 0.5) is 5.69 Å². The second-order valence-corrected chi connectivity index (χ2v) is 11.4. The molecule has 210 valence electrons. The Morgan fingerprint density at radius 2 is 1.83 bits per heavy atom. The van der Waals surface area contributed by atoms with E-state index < -0.39 is 0 Å². The van der Waals surface area contributed by atoms with Gasteiger partial charge in [-0.1, -0.05) is 0 Å². The maximum Gasteiger partial charge on any atom is 0.266 e. The minimum atomic E-state index is -0.149. The van der Waals surface area contributed by atoms with Gasteiger partial charge in [-0.3, -0.25) is 19.1 Å². The van der Waals surface area contributed by atoms with E-state index in [2.05, 4.69) is 32.6 Å². The zero-order chi connectivity index (χ0) is 28.7. The lowest BCUT2D eigenvalue weighted by Gasteiger charge is -2.20. The third-order valence-corrected chi connectivity index (χ3v) is 8.15. The largest absolute Gasteiger partial charge is 0.493 e. The average Bonchev–Trinajstić information content (AvgIpc) is 3.39. The predicted octanol–water partition coefficient (Wildman–Crippen LogP) is 5.39. The lowest BCUT2D eigenvalue weighted by atomic mass is 10.1. The van der Waals surface area contributed by atoms with Crippen molar-refractivity contribution >= 4 is 51.3 Å². The van der Waals surface area contributed by atoms with Crippen LogP contribution >= 0.6 is 22.6 Å². The van der Waals surface area contributed by atoms with E-state index in [0.717, 1.165) is 34.2 Å². The van der Waals surface area contributed by atoms with Crippen LogP contribution in [-0.2, 0) is 0 Å². The highest BCUT2D eigenvalue weighted by Gasteiger charge is 2.32. The van der Waals surface area contributed by atoms with Crippen molar-refractivity contribution in [3.63, 3.8) is 0 Å². The fourth-order valence-corrected chi connectivity index (χ4v) is 6.10. The molecule has 1 fully saturated rings. The number of rotatable bonds is 7. The summed E-state index contributed by atoms with van der Waals surface area (Å²) in [4.78, 5) is 37.7. The van der Waals surface area contributed by atoms with E-state index in [-0.39, 0.29) is 30.7 Å². The summed E-state index contributed by atoms with van der Waals surface area (Å²) in [5.74, 6) is 2.07. The molecule has 1 amide bonds. The van der Waals surface area contributed by atoms with Crippen molar-refractivity contribution in [1.29, 1.82) is 0 Å². The van der Waals surface area contributed by atoms with Crippen molar-refractivity contribution in [1.82, 2.24) is 14.5 Å². The van der Waals surface area contributed by atoms with E-state index in [1.165, 1.54) is 0 Å². The first-order valence-corrected chi connectivity index (χ1v) is 14.5. The number of benzene rings is 3. The van der Waals surface area contributed by atoms with Crippen LogP contribution in [0.1, 0.15) is 34.6 Å². The molecule has 0 saturated carbocycles. The summed E-state index contributed by atoms with van der Waals surface area (Å²) in [6.07, 6.45) is 3.75. The lowest BCUT2D eigenvalue weighted by molar-refractivity contribution is 0.0774. The van der Waals surface area contributed by atoms with Gasteiger partial charge < -0.3 is 19.1 Å². The minimum absolute atomic E-state index is 0.0319. The number of amides is 1. The Hall–Kier alpha value is -3.93. The molecule has 0 aliphatic carbocycles. The molecule has 3 heterocycles. The first kappa shape index (κ1) is 27.3. The van der Waals surface area contributed by atoms with E-state index in [0.29, 0.717) is 45.2 Å². The summed E-state index contributed by atoms with van der Waals surface area (Å²) in [5, 5.41) is 0.474. The van der Waals surface area contributed by atoms with E-state index >= 15 is 0 Å². The number of carbonyl (C=O) groups excluding carboxylic acids is 1. The Morgan fingerprint density at radius 3 is 2.63 bits per heavy atom. The molecule has 2 aliphatic heterocycles. The summed E-state index contributed by atoms with van der Waals surface area (Å²) < 4.78 is 20.2. The number of aliphatic imine (C=N–C) groups is 1. The number of nitrogens with zero attached hydrogens (tertiary/aromatic N) is 4. The highest BCUT2D eigenvalue weighted by Crippen LogP contribution is 2.38. The quantitative estimate of drug-likeness (QED) is 0.194. The van der Waals surface area contributed by atoms with E-state index in [1.807, 2.05) is 43.2 Å². The Balaban J connectivity index is 1.19.